The summed E-state index contributed by atoms with van der Waals surface area (Å²) in [4.78, 5) is 38.4. The fourth-order valence-electron chi connectivity index (χ4n) is 4.77. The molecule has 0 saturated carbocycles. The van der Waals surface area contributed by atoms with Crippen LogP contribution in [0.5, 0.6) is 0 Å². The van der Waals surface area contributed by atoms with E-state index in [-0.39, 0.29) is 11.8 Å². The van der Waals surface area contributed by atoms with E-state index in [1.165, 1.54) is 0 Å². The number of pyridine rings is 2. The van der Waals surface area contributed by atoms with Crippen molar-refractivity contribution in [3.05, 3.63) is 77.6 Å². The maximum Gasteiger partial charge on any atom is 0.254 e. The Morgan fingerprint density at radius 2 is 1.80 bits per heavy atom. The van der Waals surface area contributed by atoms with Gasteiger partial charge in [-0.2, -0.15) is 0 Å². The summed E-state index contributed by atoms with van der Waals surface area (Å²) in [5.41, 5.74) is 9.15. The number of carbonyl (C=O) groups is 2. The third kappa shape index (κ3) is 5.17. The molecule has 0 bridgehead atoms. The van der Waals surface area contributed by atoms with Gasteiger partial charge in [-0.05, 0) is 49.2 Å². The summed E-state index contributed by atoms with van der Waals surface area (Å²) < 4.78 is 5.43. The number of nitrogens with two attached hydrogens (primary N) is 1. The molecular weight excluding hydrogens is 442 g/mol. The lowest BCUT2D eigenvalue weighted by Crippen LogP contribution is -2.40. The molecule has 1 atom stereocenters. The number of nitrogens with zero attached hydrogens (tertiary/aromatic N) is 4. The Balaban J connectivity index is 1.32. The highest BCUT2D eigenvalue weighted by molar-refractivity contribution is 5.95. The molecule has 180 valence electrons. The lowest BCUT2D eigenvalue weighted by Gasteiger charge is -2.33. The molecule has 4 heterocycles. The molecule has 0 radical (unpaired) electrons. The van der Waals surface area contributed by atoms with Gasteiger partial charge in [-0.25, -0.2) is 4.98 Å². The van der Waals surface area contributed by atoms with E-state index in [2.05, 4.69) is 9.88 Å². The summed E-state index contributed by atoms with van der Waals surface area (Å²) in [6.07, 6.45) is 3.60. The summed E-state index contributed by atoms with van der Waals surface area (Å²) in [5, 5.41) is 0. The van der Waals surface area contributed by atoms with Gasteiger partial charge in [-0.3, -0.25) is 14.6 Å². The van der Waals surface area contributed by atoms with Crippen molar-refractivity contribution in [1.82, 2.24) is 14.9 Å². The van der Waals surface area contributed by atoms with Crippen molar-refractivity contribution in [3.63, 3.8) is 0 Å². The summed E-state index contributed by atoms with van der Waals surface area (Å²) in [6, 6.07) is 16.8. The van der Waals surface area contributed by atoms with Crippen molar-refractivity contribution >= 4 is 17.6 Å². The molecule has 2 aromatic heterocycles. The Labute approximate surface area is 204 Å². The Hall–Kier alpha value is -3.78. The summed E-state index contributed by atoms with van der Waals surface area (Å²) >= 11 is 0. The van der Waals surface area contributed by atoms with Crippen molar-refractivity contribution < 1.29 is 14.3 Å². The van der Waals surface area contributed by atoms with Crippen LogP contribution in [0.2, 0.25) is 0 Å². The molecule has 8 heteroatoms. The molecule has 0 unspecified atom stereocenters. The zero-order chi connectivity index (χ0) is 24.2. The molecule has 1 aromatic carbocycles. The Kier molecular flexibility index (Phi) is 6.72. The van der Waals surface area contributed by atoms with E-state index in [1.54, 1.807) is 24.4 Å². The lowest BCUT2D eigenvalue weighted by molar-refractivity contribution is 0.0705. The van der Waals surface area contributed by atoms with Gasteiger partial charge in [0.25, 0.3) is 5.91 Å². The summed E-state index contributed by atoms with van der Waals surface area (Å²) in [7, 11) is 0. The average Bonchev–Trinajstić information content (AvgIpc) is 2.93. The number of amides is 2. The Morgan fingerprint density at radius 3 is 2.63 bits per heavy atom. The number of anilines is 1. The van der Waals surface area contributed by atoms with Crippen LogP contribution in [0.3, 0.4) is 0 Å². The molecule has 2 aliphatic heterocycles. The van der Waals surface area contributed by atoms with Crippen LogP contribution in [0.4, 0.5) is 5.82 Å². The molecule has 5 rings (SSSR count). The first-order chi connectivity index (χ1) is 17.1. The number of piperidine rings is 1. The van der Waals surface area contributed by atoms with Crippen LogP contribution in [0.25, 0.3) is 11.3 Å². The number of hydrogen-bond donors (Lipinski definition) is 1. The first-order valence-electron chi connectivity index (χ1n) is 12.0. The number of rotatable bonds is 5. The molecule has 0 aliphatic carbocycles. The SMILES string of the molecule is NC(=O)c1cccc(-c2cccc([C@@H]3CCCN(C(=O)c4ccnc(N5CCOCC5)c4)C3)n2)c1. The molecule has 2 aliphatic rings. The second-order valence-corrected chi connectivity index (χ2v) is 8.99. The smallest absolute Gasteiger partial charge is 0.254 e. The van der Waals surface area contributed by atoms with E-state index in [0.29, 0.717) is 30.9 Å². The van der Waals surface area contributed by atoms with Crippen LogP contribution in [0.15, 0.2) is 60.8 Å². The highest BCUT2D eigenvalue weighted by Crippen LogP contribution is 2.29. The monoisotopic (exact) mass is 471 g/mol. The van der Waals surface area contributed by atoms with Crippen LogP contribution in [-0.2, 0) is 4.74 Å². The molecule has 0 spiro atoms. The normalized spacial score (nSPS) is 18.3. The fraction of sp³-hybridized carbons (Fsp3) is 0.333. The number of primary amides is 1. The van der Waals surface area contributed by atoms with Gasteiger partial charge in [0.2, 0.25) is 5.91 Å². The maximum atomic E-state index is 13.4. The molecule has 2 N–H and O–H groups in total. The van der Waals surface area contributed by atoms with Crippen LogP contribution in [0.1, 0.15) is 45.2 Å². The number of benzene rings is 1. The van der Waals surface area contributed by atoms with E-state index in [4.69, 9.17) is 15.5 Å². The molecule has 3 aromatic rings. The molecule has 2 saturated heterocycles. The van der Waals surface area contributed by atoms with Crippen LogP contribution in [-0.4, -0.2) is 66.1 Å². The third-order valence-corrected chi connectivity index (χ3v) is 6.67. The first-order valence-corrected chi connectivity index (χ1v) is 12.0. The lowest BCUT2D eigenvalue weighted by atomic mass is 9.93. The van der Waals surface area contributed by atoms with E-state index < -0.39 is 5.91 Å². The minimum atomic E-state index is -0.461. The fourth-order valence-corrected chi connectivity index (χ4v) is 4.77. The summed E-state index contributed by atoms with van der Waals surface area (Å²) in [5.74, 6) is 0.530. The Morgan fingerprint density at radius 1 is 0.971 bits per heavy atom. The number of morpholine rings is 1. The number of hydrogen-bond acceptors (Lipinski definition) is 6. The van der Waals surface area contributed by atoms with E-state index in [0.717, 1.165) is 55.2 Å². The van der Waals surface area contributed by atoms with Crippen LogP contribution < -0.4 is 10.6 Å². The van der Waals surface area contributed by atoms with Gasteiger partial charge in [0, 0.05) is 60.7 Å². The minimum absolute atomic E-state index is 0.0249. The van der Waals surface area contributed by atoms with Crippen LogP contribution in [0, 0.1) is 0 Å². The molecule has 35 heavy (non-hydrogen) atoms. The first kappa shape index (κ1) is 23.0. The van der Waals surface area contributed by atoms with Gasteiger partial charge in [-0.15, -0.1) is 0 Å². The predicted molar refractivity (Wildman–Crippen MR) is 133 cm³/mol. The second kappa shape index (κ2) is 10.2. The topological polar surface area (TPSA) is 102 Å². The van der Waals surface area contributed by atoms with Crippen molar-refractivity contribution in [3.8, 4) is 11.3 Å². The van der Waals surface area contributed by atoms with Gasteiger partial charge >= 0.3 is 0 Å². The van der Waals surface area contributed by atoms with Gasteiger partial charge in [0.15, 0.2) is 0 Å². The zero-order valence-corrected chi connectivity index (χ0v) is 19.6. The molecule has 2 fully saturated rings. The molecular formula is C27H29N5O3. The predicted octanol–water partition coefficient (Wildman–Crippen LogP) is 3.10. The zero-order valence-electron chi connectivity index (χ0n) is 19.6. The van der Waals surface area contributed by atoms with Gasteiger partial charge in [-0.1, -0.05) is 18.2 Å². The third-order valence-electron chi connectivity index (χ3n) is 6.67. The van der Waals surface area contributed by atoms with Crippen LogP contribution >= 0.6 is 0 Å². The highest BCUT2D eigenvalue weighted by Gasteiger charge is 2.27. The average molecular weight is 472 g/mol. The number of carbonyl (C=O) groups excluding carboxylic acids is 2. The minimum Gasteiger partial charge on any atom is -0.378 e. The van der Waals surface area contributed by atoms with E-state index in [9.17, 15) is 9.59 Å². The number of ether oxygens (including phenoxy) is 1. The Bertz CT molecular complexity index is 1220. The highest BCUT2D eigenvalue weighted by atomic mass is 16.5. The van der Waals surface area contributed by atoms with Crippen molar-refractivity contribution in [1.29, 1.82) is 0 Å². The van der Waals surface area contributed by atoms with Gasteiger partial charge in [0.05, 0.1) is 18.9 Å². The van der Waals surface area contributed by atoms with Gasteiger partial charge in [0.1, 0.15) is 5.82 Å². The maximum absolute atomic E-state index is 13.4. The van der Waals surface area contributed by atoms with Crippen molar-refractivity contribution in [2.45, 2.75) is 18.8 Å². The molecule has 8 nitrogen and oxygen atoms in total. The van der Waals surface area contributed by atoms with Crippen molar-refractivity contribution in [2.75, 3.05) is 44.3 Å². The second-order valence-electron chi connectivity index (χ2n) is 8.99. The van der Waals surface area contributed by atoms with Crippen molar-refractivity contribution in [2.24, 2.45) is 5.73 Å². The van der Waals surface area contributed by atoms with E-state index >= 15 is 0 Å². The number of aromatic nitrogens is 2. The molecule has 2 amide bonds. The summed E-state index contributed by atoms with van der Waals surface area (Å²) in [6.45, 7) is 4.25. The standard InChI is InChI=1S/C27H29N5O3/c28-26(33)20-5-1-4-19(16-20)23-7-2-8-24(30-23)22-6-3-11-32(18-22)27(34)21-9-10-29-25(17-21)31-12-14-35-15-13-31/h1-2,4-5,7-10,16-17,22H,3,6,11-15,18H2,(H2,28,33)/t22-/m1/s1. The van der Waals surface area contributed by atoms with Gasteiger partial charge < -0.3 is 20.3 Å². The number of likely N-dealkylation sites (tertiary alicyclic amines) is 1. The largest absolute Gasteiger partial charge is 0.378 e. The quantitative estimate of drug-likeness (QED) is 0.614. The van der Waals surface area contributed by atoms with E-state index in [1.807, 2.05) is 41.3 Å².